The summed E-state index contributed by atoms with van der Waals surface area (Å²) in [6, 6.07) is 5.44. The molecule has 0 spiro atoms. The molecule has 0 aliphatic carbocycles. The van der Waals surface area contributed by atoms with Gasteiger partial charge in [0.25, 0.3) is 5.91 Å². The van der Waals surface area contributed by atoms with Gasteiger partial charge in [-0.05, 0) is 44.9 Å². The summed E-state index contributed by atoms with van der Waals surface area (Å²) in [6.45, 7) is 4.85. The maximum absolute atomic E-state index is 11.4. The third kappa shape index (κ3) is 3.38. The van der Waals surface area contributed by atoms with Crippen LogP contribution >= 0.6 is 0 Å². The van der Waals surface area contributed by atoms with Crippen LogP contribution in [0.3, 0.4) is 0 Å². The molecule has 1 amide bonds. The van der Waals surface area contributed by atoms with Gasteiger partial charge in [-0.2, -0.15) is 0 Å². The molecular weight excluding hydrogens is 242 g/mol. The van der Waals surface area contributed by atoms with Gasteiger partial charge in [0, 0.05) is 24.0 Å². The highest BCUT2D eigenvalue weighted by Crippen LogP contribution is 2.28. The molecule has 1 unspecified atom stereocenters. The first kappa shape index (κ1) is 13.7. The lowest BCUT2D eigenvalue weighted by atomic mass is 9.93. The second-order valence-electron chi connectivity index (χ2n) is 5.61. The Kier molecular flexibility index (Phi) is 3.66. The van der Waals surface area contributed by atoms with Crippen LogP contribution in [0.4, 0.5) is 11.4 Å². The maximum atomic E-state index is 11.4. The van der Waals surface area contributed by atoms with Gasteiger partial charge in [0.1, 0.15) is 0 Å². The summed E-state index contributed by atoms with van der Waals surface area (Å²) >= 11 is 0. The average Bonchev–Trinajstić information content (AvgIpc) is 2.30. The Labute approximate surface area is 113 Å². The van der Waals surface area contributed by atoms with E-state index in [-0.39, 0.29) is 11.6 Å². The molecule has 1 aromatic rings. The van der Waals surface area contributed by atoms with E-state index >= 15 is 0 Å². The first-order chi connectivity index (χ1) is 8.87. The molecule has 1 aliphatic rings. The molecule has 0 saturated carbocycles. The standard InChI is InChI=1S/C14H21N3O2/c1-14(2)8-10(5-6-19-14)17-12-4-3-9(15)7-11(12)13(16)18/h3-4,7,10,17H,5-6,8,15H2,1-2H3,(H2,16,18). The molecule has 1 aliphatic heterocycles. The number of benzene rings is 1. The zero-order valence-electron chi connectivity index (χ0n) is 11.4. The lowest BCUT2D eigenvalue weighted by molar-refractivity contribution is -0.0553. The number of ether oxygens (including phenoxy) is 1. The average molecular weight is 263 g/mol. The second kappa shape index (κ2) is 5.09. The minimum absolute atomic E-state index is 0.142. The summed E-state index contributed by atoms with van der Waals surface area (Å²) in [7, 11) is 0. The van der Waals surface area contributed by atoms with Crippen LogP contribution in [0.15, 0.2) is 18.2 Å². The molecule has 0 aromatic heterocycles. The number of carbonyl (C=O) groups is 1. The van der Waals surface area contributed by atoms with Crippen LogP contribution in [-0.4, -0.2) is 24.2 Å². The van der Waals surface area contributed by atoms with E-state index in [9.17, 15) is 4.79 Å². The maximum Gasteiger partial charge on any atom is 0.250 e. The summed E-state index contributed by atoms with van der Waals surface area (Å²) in [5.41, 5.74) is 12.6. The monoisotopic (exact) mass is 263 g/mol. The molecular formula is C14H21N3O2. The Bertz CT molecular complexity index is 486. The highest BCUT2D eigenvalue weighted by molar-refractivity contribution is 5.99. The molecule has 0 radical (unpaired) electrons. The Hall–Kier alpha value is -1.75. The van der Waals surface area contributed by atoms with E-state index in [1.54, 1.807) is 18.2 Å². The number of nitrogen functional groups attached to an aromatic ring is 1. The van der Waals surface area contributed by atoms with Crippen molar-refractivity contribution >= 4 is 17.3 Å². The third-order valence-electron chi connectivity index (χ3n) is 3.37. The van der Waals surface area contributed by atoms with Crippen LogP contribution < -0.4 is 16.8 Å². The Morgan fingerprint density at radius 3 is 2.84 bits per heavy atom. The molecule has 5 nitrogen and oxygen atoms in total. The van der Waals surface area contributed by atoms with Crippen LogP contribution in [-0.2, 0) is 4.74 Å². The van der Waals surface area contributed by atoms with Gasteiger partial charge in [-0.3, -0.25) is 4.79 Å². The minimum Gasteiger partial charge on any atom is -0.399 e. The highest BCUT2D eigenvalue weighted by atomic mass is 16.5. The van der Waals surface area contributed by atoms with Crippen LogP contribution in [0.2, 0.25) is 0 Å². The van der Waals surface area contributed by atoms with E-state index in [0.717, 1.165) is 18.5 Å². The van der Waals surface area contributed by atoms with Crippen molar-refractivity contribution in [3.63, 3.8) is 0 Å². The Balaban J connectivity index is 2.17. The predicted octanol–water partition coefficient (Wildman–Crippen LogP) is 1.74. The van der Waals surface area contributed by atoms with Gasteiger partial charge in [-0.15, -0.1) is 0 Å². The van der Waals surface area contributed by atoms with E-state index in [2.05, 4.69) is 19.2 Å². The van der Waals surface area contributed by atoms with E-state index < -0.39 is 5.91 Å². The fourth-order valence-electron chi connectivity index (χ4n) is 2.47. The molecule has 19 heavy (non-hydrogen) atoms. The molecule has 1 fully saturated rings. The van der Waals surface area contributed by atoms with Crippen molar-refractivity contribution in [1.82, 2.24) is 0 Å². The van der Waals surface area contributed by atoms with Crippen molar-refractivity contribution in [3.8, 4) is 0 Å². The van der Waals surface area contributed by atoms with Crippen molar-refractivity contribution in [1.29, 1.82) is 0 Å². The van der Waals surface area contributed by atoms with Gasteiger partial charge in [0.15, 0.2) is 0 Å². The van der Waals surface area contributed by atoms with Crippen molar-refractivity contribution in [2.24, 2.45) is 5.73 Å². The number of nitrogens with two attached hydrogens (primary N) is 2. The van der Waals surface area contributed by atoms with Gasteiger partial charge >= 0.3 is 0 Å². The van der Waals surface area contributed by atoms with E-state index in [1.807, 2.05) is 0 Å². The zero-order chi connectivity index (χ0) is 14.0. The molecule has 2 rings (SSSR count). The fourth-order valence-corrected chi connectivity index (χ4v) is 2.47. The highest BCUT2D eigenvalue weighted by Gasteiger charge is 2.29. The summed E-state index contributed by atoms with van der Waals surface area (Å²) in [5.74, 6) is -0.471. The Morgan fingerprint density at radius 1 is 1.47 bits per heavy atom. The van der Waals surface area contributed by atoms with Crippen LogP contribution in [0.25, 0.3) is 0 Å². The molecule has 1 aromatic carbocycles. The van der Waals surface area contributed by atoms with Crippen molar-refractivity contribution in [3.05, 3.63) is 23.8 Å². The Morgan fingerprint density at radius 2 is 2.21 bits per heavy atom. The number of primary amides is 1. The lowest BCUT2D eigenvalue weighted by Crippen LogP contribution is -2.40. The van der Waals surface area contributed by atoms with Crippen LogP contribution in [0.1, 0.15) is 37.0 Å². The van der Waals surface area contributed by atoms with Crippen molar-refractivity contribution in [2.45, 2.75) is 38.3 Å². The molecule has 1 heterocycles. The van der Waals surface area contributed by atoms with Gasteiger partial charge in [0.05, 0.1) is 11.2 Å². The summed E-state index contributed by atoms with van der Waals surface area (Å²) in [5, 5.41) is 3.38. The molecule has 0 bridgehead atoms. The van der Waals surface area contributed by atoms with Crippen molar-refractivity contribution < 1.29 is 9.53 Å². The largest absolute Gasteiger partial charge is 0.399 e. The van der Waals surface area contributed by atoms with E-state index in [1.165, 1.54) is 0 Å². The number of anilines is 2. The van der Waals surface area contributed by atoms with Gasteiger partial charge in [-0.1, -0.05) is 0 Å². The number of hydrogen-bond donors (Lipinski definition) is 3. The second-order valence-corrected chi connectivity index (χ2v) is 5.61. The summed E-state index contributed by atoms with van der Waals surface area (Å²) in [6.07, 6.45) is 1.79. The normalized spacial score (nSPS) is 21.9. The number of hydrogen-bond acceptors (Lipinski definition) is 4. The fraction of sp³-hybridized carbons (Fsp3) is 0.500. The van der Waals surface area contributed by atoms with Gasteiger partial charge in [-0.25, -0.2) is 0 Å². The predicted molar refractivity (Wildman–Crippen MR) is 76.0 cm³/mol. The quantitative estimate of drug-likeness (QED) is 0.724. The lowest BCUT2D eigenvalue weighted by Gasteiger charge is -2.36. The zero-order valence-corrected chi connectivity index (χ0v) is 11.4. The van der Waals surface area contributed by atoms with Gasteiger partial charge in [0.2, 0.25) is 0 Å². The number of amides is 1. The number of rotatable bonds is 3. The first-order valence-corrected chi connectivity index (χ1v) is 6.47. The minimum atomic E-state index is -0.471. The third-order valence-corrected chi connectivity index (χ3v) is 3.37. The number of carbonyl (C=O) groups excluding carboxylic acids is 1. The van der Waals surface area contributed by atoms with Crippen molar-refractivity contribution in [2.75, 3.05) is 17.7 Å². The van der Waals surface area contributed by atoms with E-state index in [4.69, 9.17) is 16.2 Å². The topological polar surface area (TPSA) is 90.4 Å². The molecule has 104 valence electrons. The molecule has 5 heteroatoms. The van der Waals surface area contributed by atoms with Gasteiger partial charge < -0.3 is 21.5 Å². The SMILES string of the molecule is CC1(C)CC(Nc2ccc(N)cc2C(N)=O)CCO1. The van der Waals surface area contributed by atoms with E-state index in [0.29, 0.717) is 17.9 Å². The van der Waals surface area contributed by atoms with Crippen LogP contribution in [0, 0.1) is 0 Å². The smallest absolute Gasteiger partial charge is 0.250 e. The number of nitrogens with one attached hydrogen (secondary N) is 1. The summed E-state index contributed by atoms with van der Waals surface area (Å²) < 4.78 is 5.68. The van der Waals surface area contributed by atoms with Crippen LogP contribution in [0.5, 0.6) is 0 Å². The molecule has 1 atom stereocenters. The molecule has 5 N–H and O–H groups in total. The summed E-state index contributed by atoms with van der Waals surface area (Å²) in [4.78, 5) is 11.4. The molecule has 1 saturated heterocycles. The first-order valence-electron chi connectivity index (χ1n) is 6.47.